The summed E-state index contributed by atoms with van der Waals surface area (Å²) in [5, 5.41) is 0. The Kier molecular flexibility index (Phi) is 54.9. The van der Waals surface area contributed by atoms with Crippen molar-refractivity contribution in [3.05, 3.63) is 0 Å². The van der Waals surface area contributed by atoms with Crippen molar-refractivity contribution in [1.82, 2.24) is 0 Å². The molecule has 260 valence electrons. The van der Waals surface area contributed by atoms with Gasteiger partial charge in [0.15, 0.2) is 0 Å². The highest BCUT2D eigenvalue weighted by atomic mass is 31.2. The van der Waals surface area contributed by atoms with Gasteiger partial charge >= 0.3 is 77.0 Å². The molecule has 0 heterocycles. The van der Waals surface area contributed by atoms with Crippen LogP contribution in [0.1, 0.15) is 219 Å². The lowest BCUT2D eigenvalue weighted by Crippen LogP contribution is -1.99. The number of phosphoric ester groups is 1. The van der Waals surface area contributed by atoms with Crippen LogP contribution >= 0.6 is 7.82 Å². The Labute approximate surface area is 325 Å². The van der Waals surface area contributed by atoms with Crippen LogP contribution in [-0.2, 0) is 13.6 Å². The predicted octanol–water partition coefficient (Wildman–Crippen LogP) is 10.9. The molecule has 0 rings (SSSR count). The van der Waals surface area contributed by atoms with Crippen molar-refractivity contribution in [2.24, 2.45) is 0 Å². The summed E-state index contributed by atoms with van der Waals surface area (Å²) in [7, 11) is -3.87. The summed E-state index contributed by atoms with van der Waals surface area (Å²) in [4.78, 5) is 9.88. The molecule has 0 spiro atoms. The minimum absolute atomic E-state index is 0. The van der Waals surface area contributed by atoms with E-state index in [-0.39, 0.29) is 69.2 Å². The van der Waals surface area contributed by atoms with E-state index in [0.717, 1.165) is 25.7 Å². The van der Waals surface area contributed by atoms with Gasteiger partial charge in [-0.2, -0.15) is 0 Å². The standard InChI is InChI=1S/C36H75O4P.3Mg.6H/c1-3-5-7-9-11-13-15-17-19-21-23-25-27-29-31-33-35-39-41(37,38)40-36-34-32-30-28-26-24-22-20-18-16-14-12-10-8-6-4-2;;;;;;;;;/h3-36H2,1-2H3,(H,37,38);;;;;;;;;. The second-order valence-corrected chi connectivity index (χ2v) is 14.2. The third kappa shape index (κ3) is 46.5. The van der Waals surface area contributed by atoms with Crippen molar-refractivity contribution in [2.45, 2.75) is 219 Å². The first-order chi connectivity index (χ1) is 20.1. The van der Waals surface area contributed by atoms with Crippen molar-refractivity contribution in [3.63, 3.8) is 0 Å². The van der Waals surface area contributed by atoms with Gasteiger partial charge in [0.1, 0.15) is 0 Å². The summed E-state index contributed by atoms with van der Waals surface area (Å²) in [5.41, 5.74) is 0. The van der Waals surface area contributed by atoms with Gasteiger partial charge in [-0.05, 0) is 12.8 Å². The smallest absolute Gasteiger partial charge is 0.302 e. The Morgan fingerprint density at radius 3 is 0.682 bits per heavy atom. The van der Waals surface area contributed by atoms with Gasteiger partial charge in [-0.15, -0.1) is 0 Å². The zero-order valence-electron chi connectivity index (χ0n) is 28.2. The van der Waals surface area contributed by atoms with Crippen LogP contribution in [0.5, 0.6) is 0 Å². The van der Waals surface area contributed by atoms with Crippen LogP contribution in [0.15, 0.2) is 0 Å². The first kappa shape index (κ1) is 53.2. The Balaban J connectivity index is -0.00000267. The Morgan fingerprint density at radius 2 is 0.500 bits per heavy atom. The Morgan fingerprint density at radius 1 is 0.341 bits per heavy atom. The minimum Gasteiger partial charge on any atom is -0.302 e. The zero-order chi connectivity index (χ0) is 30.0. The second kappa shape index (κ2) is 45.4. The van der Waals surface area contributed by atoms with Crippen LogP contribution in [0.2, 0.25) is 0 Å². The Bertz CT molecular complexity index is 502. The predicted molar refractivity (Wildman–Crippen MR) is 206 cm³/mol. The average Bonchev–Trinajstić information content (AvgIpc) is 2.96. The lowest BCUT2D eigenvalue weighted by Gasteiger charge is -2.12. The van der Waals surface area contributed by atoms with Gasteiger partial charge in [-0.1, -0.05) is 206 Å². The van der Waals surface area contributed by atoms with Crippen LogP contribution in [0.4, 0.5) is 0 Å². The van der Waals surface area contributed by atoms with E-state index in [9.17, 15) is 9.46 Å². The van der Waals surface area contributed by atoms with E-state index in [1.807, 2.05) is 0 Å². The van der Waals surface area contributed by atoms with E-state index < -0.39 is 7.82 Å². The van der Waals surface area contributed by atoms with Crippen LogP contribution in [-0.4, -0.2) is 87.3 Å². The molecule has 0 unspecified atom stereocenters. The molecule has 0 aromatic rings. The molecule has 44 heavy (non-hydrogen) atoms. The maximum atomic E-state index is 12.0. The molecule has 0 fully saturated rings. The third-order valence-electron chi connectivity index (χ3n) is 8.50. The number of rotatable bonds is 36. The van der Waals surface area contributed by atoms with Crippen molar-refractivity contribution in [2.75, 3.05) is 13.2 Å². The highest BCUT2D eigenvalue weighted by Gasteiger charge is 2.19. The van der Waals surface area contributed by atoms with E-state index in [0.29, 0.717) is 13.2 Å². The van der Waals surface area contributed by atoms with Crippen LogP contribution in [0, 0.1) is 0 Å². The fourth-order valence-corrected chi connectivity index (χ4v) is 6.49. The highest BCUT2D eigenvalue weighted by Crippen LogP contribution is 2.43. The number of hydrogen-bond acceptors (Lipinski definition) is 3. The minimum atomic E-state index is -3.87. The zero-order valence-corrected chi connectivity index (χ0v) is 29.1. The first-order valence-corrected chi connectivity index (χ1v) is 20.2. The van der Waals surface area contributed by atoms with E-state index in [1.165, 1.54) is 180 Å². The largest absolute Gasteiger partial charge is 0.472 e. The fraction of sp³-hybridized carbons (Fsp3) is 1.00. The average molecular weight is 682 g/mol. The third-order valence-corrected chi connectivity index (χ3v) is 9.52. The molecule has 0 aliphatic rings. The lowest BCUT2D eigenvalue weighted by molar-refractivity contribution is 0.145. The fourth-order valence-electron chi connectivity index (χ4n) is 5.70. The normalized spacial score (nSPS) is 11.2. The van der Waals surface area contributed by atoms with E-state index in [4.69, 9.17) is 9.05 Å². The topological polar surface area (TPSA) is 55.8 Å². The van der Waals surface area contributed by atoms with E-state index in [1.54, 1.807) is 0 Å². The molecule has 0 aromatic carbocycles. The number of phosphoric acid groups is 1. The first-order valence-electron chi connectivity index (χ1n) is 18.7. The van der Waals surface area contributed by atoms with Gasteiger partial charge in [-0.3, -0.25) is 9.05 Å². The van der Waals surface area contributed by atoms with Crippen molar-refractivity contribution in [3.8, 4) is 0 Å². The summed E-state index contributed by atoms with van der Waals surface area (Å²) in [6.45, 7) is 5.21. The highest BCUT2D eigenvalue weighted by molar-refractivity contribution is 7.47. The number of hydrogen-bond donors (Lipinski definition) is 1. The van der Waals surface area contributed by atoms with Crippen molar-refractivity contribution < 1.29 is 18.5 Å². The summed E-state index contributed by atoms with van der Waals surface area (Å²) in [6.07, 6.45) is 42.2. The quantitative estimate of drug-likeness (QED) is 0.0406. The molecule has 4 nitrogen and oxygen atoms in total. The Hall–Kier alpha value is 2.41. The lowest BCUT2D eigenvalue weighted by atomic mass is 10.0. The molecule has 0 aliphatic carbocycles. The molecule has 0 saturated carbocycles. The molecule has 0 radical (unpaired) electrons. The molecule has 1 N–H and O–H groups in total. The molecule has 0 bridgehead atoms. The molecule has 0 amide bonds. The summed E-state index contributed by atoms with van der Waals surface area (Å²) in [5.74, 6) is 0. The summed E-state index contributed by atoms with van der Waals surface area (Å²) < 4.78 is 22.4. The molecule has 8 heteroatoms. The second-order valence-electron chi connectivity index (χ2n) is 12.7. The van der Waals surface area contributed by atoms with E-state index >= 15 is 0 Å². The van der Waals surface area contributed by atoms with Crippen molar-refractivity contribution >= 4 is 77.0 Å². The molecule has 0 aliphatic heterocycles. The van der Waals surface area contributed by atoms with Gasteiger partial charge in [-0.25, -0.2) is 4.57 Å². The van der Waals surface area contributed by atoms with Gasteiger partial charge in [0.25, 0.3) is 0 Å². The number of unbranched alkanes of at least 4 members (excludes halogenated alkanes) is 30. The van der Waals surface area contributed by atoms with Gasteiger partial charge in [0.2, 0.25) is 0 Å². The SMILES string of the molecule is CCCCCCCCCCCCCCCCCCOP(=O)(O)OCCCCCCCCCCCCCCCCCC.[MgH2].[MgH2].[MgH2]. The maximum absolute atomic E-state index is 12.0. The maximum Gasteiger partial charge on any atom is 0.472 e. The molecular formula is C36H81Mg3O4P. The van der Waals surface area contributed by atoms with Crippen LogP contribution in [0.3, 0.4) is 0 Å². The molecular weight excluding hydrogens is 600 g/mol. The summed E-state index contributed by atoms with van der Waals surface area (Å²) in [6, 6.07) is 0. The van der Waals surface area contributed by atoms with Gasteiger partial charge < -0.3 is 4.89 Å². The van der Waals surface area contributed by atoms with Crippen LogP contribution < -0.4 is 0 Å². The van der Waals surface area contributed by atoms with Gasteiger partial charge in [0.05, 0.1) is 13.2 Å². The molecule has 0 atom stereocenters. The van der Waals surface area contributed by atoms with Crippen molar-refractivity contribution in [1.29, 1.82) is 0 Å². The molecule has 0 aromatic heterocycles. The summed E-state index contributed by atoms with van der Waals surface area (Å²) >= 11 is 0. The monoisotopic (exact) mass is 681 g/mol. The molecule has 0 saturated heterocycles. The van der Waals surface area contributed by atoms with Crippen LogP contribution in [0.25, 0.3) is 0 Å². The van der Waals surface area contributed by atoms with Gasteiger partial charge in [0, 0.05) is 0 Å². The van der Waals surface area contributed by atoms with E-state index in [2.05, 4.69) is 13.8 Å².